The molecular weight excluding hydrogens is 444 g/mol. The van der Waals surface area contributed by atoms with E-state index in [2.05, 4.69) is 114 Å². The van der Waals surface area contributed by atoms with Crippen LogP contribution in [0.4, 0.5) is 0 Å². The van der Waals surface area contributed by atoms with Crippen molar-refractivity contribution in [3.8, 4) is 46.4 Å². The molecule has 6 N–H and O–H groups in total. The van der Waals surface area contributed by atoms with Crippen LogP contribution in [0.15, 0.2) is 72.9 Å². The average molecular weight is 479 g/mol. The zero-order valence-electron chi connectivity index (χ0n) is 21.1. The molecule has 0 atom stereocenters. The van der Waals surface area contributed by atoms with Gasteiger partial charge < -0.3 is 21.4 Å². The van der Waals surface area contributed by atoms with Crippen molar-refractivity contribution in [3.63, 3.8) is 0 Å². The van der Waals surface area contributed by atoms with E-state index in [0.717, 1.165) is 51.0 Å². The Balaban J connectivity index is 0.000000550. The van der Waals surface area contributed by atoms with Crippen molar-refractivity contribution in [2.45, 2.75) is 33.9 Å². The second kappa shape index (κ2) is 12.5. The van der Waals surface area contributed by atoms with Crippen LogP contribution in [0, 0.1) is 18.8 Å². The predicted molar refractivity (Wildman–Crippen MR) is 151 cm³/mol. The van der Waals surface area contributed by atoms with Crippen LogP contribution in [-0.2, 0) is 13.1 Å². The van der Waals surface area contributed by atoms with Crippen LogP contribution in [0.3, 0.4) is 0 Å². The summed E-state index contributed by atoms with van der Waals surface area (Å²) in [5.74, 6) is 2.42. The zero-order valence-corrected chi connectivity index (χ0v) is 21.1. The number of aromatic amines is 2. The molecular formula is C30H34N6. The first-order chi connectivity index (χ1) is 17.5. The van der Waals surface area contributed by atoms with Gasteiger partial charge in [0.1, 0.15) is 11.6 Å². The Hall–Kier alpha value is -4.18. The predicted octanol–water partition coefficient (Wildman–Crippen LogP) is 6.12. The molecule has 0 spiro atoms. The van der Waals surface area contributed by atoms with E-state index < -0.39 is 0 Å². The van der Waals surface area contributed by atoms with Gasteiger partial charge in [0.2, 0.25) is 0 Å². The highest BCUT2D eigenvalue weighted by molar-refractivity contribution is 5.82. The maximum Gasteiger partial charge on any atom is 0.121 e. The van der Waals surface area contributed by atoms with Crippen LogP contribution >= 0.6 is 0 Å². The number of fused-ring (bicyclic) bond motifs is 1. The lowest BCUT2D eigenvalue weighted by Gasteiger charge is -2.06. The van der Waals surface area contributed by atoms with Crippen molar-refractivity contribution in [1.29, 1.82) is 0 Å². The molecule has 0 aliphatic heterocycles. The van der Waals surface area contributed by atoms with Gasteiger partial charge in [0.15, 0.2) is 0 Å². The fourth-order valence-corrected chi connectivity index (χ4v) is 3.65. The highest BCUT2D eigenvalue weighted by atomic mass is 14.9. The Labute approximate surface area is 213 Å². The molecule has 0 fully saturated rings. The fourth-order valence-electron chi connectivity index (χ4n) is 3.65. The standard InChI is InChI=1S/C24H22N6.C4H10.C2H2/c25-12-23-27-14-22(30-23)18-7-5-16(6-8-18)15-1-3-17(4-2-15)19-9-10-20-21(11-19)29-24(13-26)28-20;1-4(2)3;1-2/h1-11,14H,12-13,25-26H2,(H,27,30)(H,28,29);4H,1-3H3;1-2H. The summed E-state index contributed by atoms with van der Waals surface area (Å²) >= 11 is 0. The summed E-state index contributed by atoms with van der Waals surface area (Å²) in [5, 5.41) is 0. The minimum atomic E-state index is 0.409. The third kappa shape index (κ3) is 6.48. The first-order valence-electron chi connectivity index (χ1n) is 11.9. The largest absolute Gasteiger partial charge is 0.341 e. The lowest BCUT2D eigenvalue weighted by molar-refractivity contribution is 0.737. The molecule has 3 aromatic carbocycles. The third-order valence-electron chi connectivity index (χ3n) is 5.29. The van der Waals surface area contributed by atoms with Gasteiger partial charge in [-0.1, -0.05) is 75.4 Å². The quantitative estimate of drug-likeness (QED) is 0.228. The molecule has 0 saturated carbocycles. The van der Waals surface area contributed by atoms with Crippen molar-refractivity contribution in [2.75, 3.05) is 0 Å². The molecule has 2 heterocycles. The van der Waals surface area contributed by atoms with E-state index in [1.165, 1.54) is 11.1 Å². The molecule has 5 aromatic rings. The van der Waals surface area contributed by atoms with Crippen LogP contribution < -0.4 is 11.5 Å². The van der Waals surface area contributed by atoms with E-state index in [1.54, 1.807) is 0 Å². The van der Waals surface area contributed by atoms with E-state index in [4.69, 9.17) is 11.5 Å². The van der Waals surface area contributed by atoms with Gasteiger partial charge in [-0.25, -0.2) is 9.97 Å². The molecule has 36 heavy (non-hydrogen) atoms. The topological polar surface area (TPSA) is 109 Å². The second-order valence-electron chi connectivity index (χ2n) is 8.95. The normalized spacial score (nSPS) is 10.4. The number of imidazole rings is 2. The van der Waals surface area contributed by atoms with Crippen molar-refractivity contribution >= 4 is 11.0 Å². The molecule has 5 rings (SSSR count). The molecule has 0 unspecified atom stereocenters. The number of benzene rings is 3. The summed E-state index contributed by atoms with van der Waals surface area (Å²) in [7, 11) is 0. The van der Waals surface area contributed by atoms with Crippen LogP contribution in [0.25, 0.3) is 44.5 Å². The highest BCUT2D eigenvalue weighted by Gasteiger charge is 2.06. The molecule has 6 heteroatoms. The molecule has 0 saturated heterocycles. The Morgan fingerprint density at radius 1 is 0.694 bits per heavy atom. The van der Waals surface area contributed by atoms with E-state index in [0.29, 0.717) is 13.1 Å². The SMILES string of the molecule is C#C.CC(C)C.NCc1ncc(-c2ccc(-c3ccc(-c4ccc5nc(CN)[nH]c5c4)cc3)cc2)[nH]1. The number of hydrogen-bond donors (Lipinski definition) is 4. The van der Waals surface area contributed by atoms with Crippen molar-refractivity contribution < 1.29 is 0 Å². The number of nitrogens with two attached hydrogens (primary N) is 2. The Morgan fingerprint density at radius 3 is 1.67 bits per heavy atom. The number of nitrogens with zero attached hydrogens (tertiary/aromatic N) is 2. The van der Waals surface area contributed by atoms with Crippen LogP contribution in [0.5, 0.6) is 0 Å². The van der Waals surface area contributed by atoms with Crippen molar-refractivity contribution in [3.05, 3.63) is 84.6 Å². The summed E-state index contributed by atoms with van der Waals surface area (Å²) in [6, 6.07) is 23.3. The number of hydrogen-bond acceptors (Lipinski definition) is 4. The van der Waals surface area contributed by atoms with Gasteiger partial charge >= 0.3 is 0 Å². The Kier molecular flexibility index (Phi) is 9.18. The maximum absolute atomic E-state index is 5.68. The summed E-state index contributed by atoms with van der Waals surface area (Å²) in [6.07, 6.45) is 9.82. The summed E-state index contributed by atoms with van der Waals surface area (Å²) in [5.41, 5.74) is 20.0. The lowest BCUT2D eigenvalue weighted by Crippen LogP contribution is -1.97. The molecule has 0 bridgehead atoms. The molecule has 0 amide bonds. The smallest absolute Gasteiger partial charge is 0.121 e. The van der Waals surface area contributed by atoms with E-state index in [-0.39, 0.29) is 0 Å². The number of aromatic nitrogens is 4. The minimum Gasteiger partial charge on any atom is -0.341 e. The van der Waals surface area contributed by atoms with Gasteiger partial charge in [-0.05, 0) is 45.9 Å². The number of H-pyrrole nitrogens is 2. The van der Waals surface area contributed by atoms with Gasteiger partial charge in [-0.2, -0.15) is 0 Å². The van der Waals surface area contributed by atoms with Gasteiger partial charge in [-0.3, -0.25) is 0 Å². The molecule has 0 radical (unpaired) electrons. The van der Waals surface area contributed by atoms with E-state index >= 15 is 0 Å². The molecule has 184 valence electrons. The molecule has 0 aliphatic carbocycles. The van der Waals surface area contributed by atoms with Crippen LogP contribution in [0.1, 0.15) is 32.4 Å². The van der Waals surface area contributed by atoms with Gasteiger partial charge in [-0.15, -0.1) is 12.8 Å². The van der Waals surface area contributed by atoms with Gasteiger partial charge in [0.25, 0.3) is 0 Å². The van der Waals surface area contributed by atoms with Gasteiger partial charge in [0, 0.05) is 0 Å². The molecule has 2 aromatic heterocycles. The van der Waals surface area contributed by atoms with Crippen LogP contribution in [-0.4, -0.2) is 19.9 Å². The minimum absolute atomic E-state index is 0.409. The van der Waals surface area contributed by atoms with Crippen molar-refractivity contribution in [1.82, 2.24) is 19.9 Å². The van der Waals surface area contributed by atoms with E-state index in [1.807, 2.05) is 12.3 Å². The molecule has 0 aliphatic rings. The molecule has 6 nitrogen and oxygen atoms in total. The van der Waals surface area contributed by atoms with E-state index in [9.17, 15) is 0 Å². The number of nitrogens with one attached hydrogen (secondary N) is 2. The first-order valence-corrected chi connectivity index (χ1v) is 11.9. The lowest BCUT2D eigenvalue weighted by atomic mass is 9.99. The Morgan fingerprint density at radius 2 is 1.17 bits per heavy atom. The average Bonchev–Trinajstić information content (AvgIpc) is 3.56. The monoisotopic (exact) mass is 478 g/mol. The van der Waals surface area contributed by atoms with Crippen LogP contribution in [0.2, 0.25) is 0 Å². The number of terminal acetylenes is 1. The van der Waals surface area contributed by atoms with Crippen molar-refractivity contribution in [2.24, 2.45) is 17.4 Å². The first kappa shape index (κ1) is 26.4. The fraction of sp³-hybridized carbons (Fsp3) is 0.200. The Bertz CT molecular complexity index is 1390. The summed E-state index contributed by atoms with van der Waals surface area (Å²) in [4.78, 5) is 15.2. The third-order valence-corrected chi connectivity index (χ3v) is 5.29. The zero-order chi connectivity index (χ0) is 26.1. The maximum atomic E-state index is 5.68. The summed E-state index contributed by atoms with van der Waals surface area (Å²) in [6.45, 7) is 7.32. The summed E-state index contributed by atoms with van der Waals surface area (Å²) < 4.78 is 0. The number of rotatable bonds is 5. The second-order valence-corrected chi connectivity index (χ2v) is 8.95. The highest BCUT2D eigenvalue weighted by Crippen LogP contribution is 2.28. The van der Waals surface area contributed by atoms with Gasteiger partial charge in [0.05, 0.1) is 36.0 Å².